The number of para-hydroxylation sites is 1. The molecule has 0 unspecified atom stereocenters. The normalized spacial score (nSPS) is 12.0. The Hall–Kier alpha value is -4.15. The van der Waals surface area contributed by atoms with Crippen LogP contribution < -0.4 is 4.74 Å². The summed E-state index contributed by atoms with van der Waals surface area (Å²) < 4.78 is 10.8. The zero-order chi connectivity index (χ0) is 35.5. The fourth-order valence-corrected chi connectivity index (χ4v) is 7.62. The van der Waals surface area contributed by atoms with E-state index in [-0.39, 0.29) is 31.3 Å². The summed E-state index contributed by atoms with van der Waals surface area (Å²) in [6.45, 7) is 20.1. The Morgan fingerprint density at radius 3 is 2.10 bits per heavy atom. The van der Waals surface area contributed by atoms with Crippen molar-refractivity contribution < 1.29 is 25.2 Å². The molecule has 0 saturated heterocycles. The summed E-state index contributed by atoms with van der Waals surface area (Å²) >= 11 is 1.78. The van der Waals surface area contributed by atoms with Crippen molar-refractivity contribution in [3.8, 4) is 34.1 Å². The number of hydrogen-bond acceptors (Lipinski definition) is 4. The van der Waals surface area contributed by atoms with Crippen LogP contribution in [0, 0.1) is 32.9 Å². The van der Waals surface area contributed by atoms with Gasteiger partial charge in [-0.05, 0) is 90.7 Å². The van der Waals surface area contributed by atoms with Gasteiger partial charge in [0.25, 0.3) is 0 Å². The van der Waals surface area contributed by atoms with Crippen molar-refractivity contribution in [1.82, 2.24) is 19.3 Å². The van der Waals surface area contributed by atoms with E-state index in [1.54, 1.807) is 11.8 Å². The molecule has 262 valence electrons. The number of aromatic nitrogens is 4. The van der Waals surface area contributed by atoms with E-state index in [1.807, 2.05) is 30.5 Å². The molecule has 0 saturated carbocycles. The van der Waals surface area contributed by atoms with Crippen LogP contribution in [0.4, 0.5) is 0 Å². The molecule has 0 aliphatic rings. The van der Waals surface area contributed by atoms with Crippen molar-refractivity contribution in [2.75, 3.05) is 6.26 Å². The summed E-state index contributed by atoms with van der Waals surface area (Å²) in [6, 6.07) is 34.4. The Kier molecular flexibility index (Phi) is 9.89. The zero-order valence-electron chi connectivity index (χ0n) is 31.0. The van der Waals surface area contributed by atoms with Gasteiger partial charge in [-0.15, -0.1) is 47.5 Å². The third-order valence-electron chi connectivity index (χ3n) is 9.19. The van der Waals surface area contributed by atoms with Crippen LogP contribution >= 0.6 is 11.8 Å². The molecule has 0 atom stereocenters. The maximum absolute atomic E-state index is 6.55. The van der Waals surface area contributed by atoms with Crippen molar-refractivity contribution in [1.29, 1.82) is 0 Å². The minimum atomic E-state index is -0.219. The number of hydrogen-bond donors (Lipinski definition) is 0. The number of thioether (sulfide) groups is 1. The molecule has 7 rings (SSSR count). The van der Waals surface area contributed by atoms with Crippen LogP contribution in [0.5, 0.6) is 11.5 Å². The second kappa shape index (κ2) is 13.8. The molecular weight excluding hydrogens is 739 g/mol. The average Bonchev–Trinajstić information content (AvgIpc) is 3.62. The summed E-state index contributed by atoms with van der Waals surface area (Å²) in [5.41, 5.74) is 10.8. The Morgan fingerprint density at radius 1 is 0.725 bits per heavy atom. The van der Waals surface area contributed by atoms with Gasteiger partial charge < -0.3 is 9.30 Å². The van der Waals surface area contributed by atoms with E-state index in [9.17, 15) is 0 Å². The fourth-order valence-electron chi connectivity index (χ4n) is 7.03. The van der Waals surface area contributed by atoms with Gasteiger partial charge in [0.2, 0.25) is 0 Å². The molecule has 0 N–H and O–H groups in total. The zero-order valence-corrected chi connectivity index (χ0v) is 33.4. The predicted octanol–water partition coefficient (Wildman–Crippen LogP) is 11.7. The van der Waals surface area contributed by atoms with Crippen LogP contribution in [0.15, 0.2) is 90.0 Å². The van der Waals surface area contributed by atoms with Crippen molar-refractivity contribution in [2.45, 2.75) is 78.0 Å². The Morgan fingerprint density at radius 2 is 1.43 bits per heavy atom. The topological polar surface area (TPSA) is 44.9 Å². The van der Waals surface area contributed by atoms with Gasteiger partial charge in [0.05, 0.1) is 11.4 Å². The van der Waals surface area contributed by atoms with Crippen molar-refractivity contribution >= 4 is 33.6 Å². The van der Waals surface area contributed by atoms with Gasteiger partial charge in [-0.2, -0.15) is 17.2 Å². The summed E-state index contributed by atoms with van der Waals surface area (Å²) in [6.07, 6.45) is 3.99. The van der Waals surface area contributed by atoms with Gasteiger partial charge >= 0.3 is 20.4 Å². The molecule has 4 aromatic carbocycles. The molecule has 5 nitrogen and oxygen atoms in total. The molecule has 7 aromatic rings. The van der Waals surface area contributed by atoms with Crippen LogP contribution in [0.1, 0.15) is 69.6 Å². The number of rotatable bonds is 6. The van der Waals surface area contributed by atoms with Gasteiger partial charge in [-0.1, -0.05) is 65.3 Å². The molecule has 0 radical (unpaired) electrons. The van der Waals surface area contributed by atoms with E-state index in [1.165, 1.54) is 27.1 Å². The first-order valence-electron chi connectivity index (χ1n) is 17.1. The summed E-state index contributed by atoms with van der Waals surface area (Å²) in [7, 11) is 0. The molecule has 0 aliphatic carbocycles. The van der Waals surface area contributed by atoms with Gasteiger partial charge in [0, 0.05) is 44.5 Å². The number of benzene rings is 4. The number of fused-ring (bicyclic) bond motifs is 3. The number of nitrogens with zero attached hydrogens (tertiary/aromatic N) is 4. The van der Waals surface area contributed by atoms with Crippen LogP contribution in [0.25, 0.3) is 44.4 Å². The molecule has 0 fully saturated rings. The molecule has 7 heteroatoms. The van der Waals surface area contributed by atoms with E-state index >= 15 is 0 Å². The second-order valence-corrected chi connectivity index (χ2v) is 16.1. The minimum Gasteiger partial charge on any atom is -0.509 e. The quantitative estimate of drug-likeness (QED) is 0.0957. The summed E-state index contributed by atoms with van der Waals surface area (Å²) in [5.74, 6) is 2.06. The number of pyridine rings is 1. The average molecular weight is 783 g/mol. The van der Waals surface area contributed by atoms with E-state index in [0.717, 1.165) is 50.3 Å². The molecule has 0 amide bonds. The van der Waals surface area contributed by atoms with E-state index in [2.05, 4.69) is 145 Å². The summed E-state index contributed by atoms with van der Waals surface area (Å²) in [5, 5.41) is 7.64. The van der Waals surface area contributed by atoms with Crippen LogP contribution in [-0.4, -0.2) is 25.6 Å². The van der Waals surface area contributed by atoms with Crippen LogP contribution in [-0.2, 0) is 31.3 Å². The third-order valence-corrected chi connectivity index (χ3v) is 9.89. The summed E-state index contributed by atoms with van der Waals surface area (Å²) in [4.78, 5) is 5.99. The molecule has 51 heavy (non-hydrogen) atoms. The SMILES string of the molecule is CSc1cc(C)c(-c2c(C(C)(C)C)nn(-c3[c-]c(Oc4[c-]c5c(cc4)c4ccccc4n5-c4cc(C)ccn4)ccc3)c2C(C)(C)C)c(C)c1.[Pd+2]. The number of ether oxygens (including phenoxy) is 1. The van der Waals surface area contributed by atoms with Gasteiger partial charge in [-0.25, -0.2) is 4.98 Å². The minimum absolute atomic E-state index is 0. The molecule has 0 spiro atoms. The van der Waals surface area contributed by atoms with E-state index < -0.39 is 0 Å². The largest absolute Gasteiger partial charge is 2.00 e. The Labute approximate surface area is 320 Å². The molecule has 3 aromatic heterocycles. The van der Waals surface area contributed by atoms with E-state index in [0.29, 0.717) is 11.5 Å². The Bertz CT molecular complexity index is 2380. The second-order valence-electron chi connectivity index (χ2n) is 15.3. The monoisotopic (exact) mass is 782 g/mol. The first kappa shape index (κ1) is 36.6. The standard InChI is InChI=1S/C44H44N4OS.Pd/c1-27-20-21-45-38(22-27)47-36-17-12-11-16-34(36)35-19-18-32(26-37(35)47)49-31-15-13-14-30(25-31)48-42(44(7,8)9)40(41(46-48)43(4,5)6)39-28(2)23-33(50-10)24-29(39)3;/h11-24H,1-10H3;/q-2;+2. The maximum Gasteiger partial charge on any atom is 2.00 e. The van der Waals surface area contributed by atoms with Gasteiger partial charge in [0.15, 0.2) is 0 Å². The molecular formula is C44H44N4OPdS. The van der Waals surface area contributed by atoms with Gasteiger partial charge in [-0.3, -0.25) is 4.68 Å². The first-order valence-corrected chi connectivity index (χ1v) is 18.4. The first-order chi connectivity index (χ1) is 23.7. The van der Waals surface area contributed by atoms with Crippen molar-refractivity contribution in [3.63, 3.8) is 0 Å². The smallest absolute Gasteiger partial charge is 0.509 e. The van der Waals surface area contributed by atoms with Crippen LogP contribution in [0.3, 0.4) is 0 Å². The van der Waals surface area contributed by atoms with E-state index in [4.69, 9.17) is 14.8 Å². The molecule has 0 aliphatic heterocycles. The number of aryl methyl sites for hydroxylation is 3. The molecule has 3 heterocycles. The van der Waals surface area contributed by atoms with Crippen LogP contribution in [0.2, 0.25) is 0 Å². The molecule has 0 bridgehead atoms. The van der Waals surface area contributed by atoms with Crippen molar-refractivity contribution in [3.05, 3.63) is 125 Å². The Balaban J connectivity index is 0.00000448. The van der Waals surface area contributed by atoms with Crippen molar-refractivity contribution in [2.24, 2.45) is 0 Å². The maximum atomic E-state index is 6.55. The third kappa shape index (κ3) is 6.80. The fraction of sp³-hybridized carbons (Fsp3) is 0.273. The predicted molar refractivity (Wildman–Crippen MR) is 209 cm³/mol. The van der Waals surface area contributed by atoms with Gasteiger partial charge in [0.1, 0.15) is 5.82 Å².